The molecule has 0 bridgehead atoms. The summed E-state index contributed by atoms with van der Waals surface area (Å²) in [6.07, 6.45) is 2.58. The molecule has 3 rings (SSSR count). The number of hydrogen-bond acceptors (Lipinski definition) is 4. The van der Waals surface area contributed by atoms with Crippen LogP contribution < -0.4 is 15.5 Å². The summed E-state index contributed by atoms with van der Waals surface area (Å²) in [5.41, 5.74) is 2.67. The van der Waals surface area contributed by atoms with Gasteiger partial charge in [0.15, 0.2) is 5.96 Å². The first-order valence-electron chi connectivity index (χ1n) is 10.4. The van der Waals surface area contributed by atoms with Gasteiger partial charge in [-0.05, 0) is 42.3 Å². The molecule has 0 amide bonds. The molecule has 0 spiro atoms. The molecular formula is C22H30ClFN6. The van der Waals surface area contributed by atoms with Gasteiger partial charge in [0, 0.05) is 52.5 Å². The Hall–Kier alpha value is -2.38. The van der Waals surface area contributed by atoms with Gasteiger partial charge in [-0.2, -0.15) is 0 Å². The number of pyridine rings is 1. The number of halogens is 2. The van der Waals surface area contributed by atoms with Crippen LogP contribution in [0.1, 0.15) is 18.1 Å². The second kappa shape index (κ2) is 11.1. The van der Waals surface area contributed by atoms with E-state index in [0.717, 1.165) is 50.3 Å². The molecule has 2 heterocycles. The lowest BCUT2D eigenvalue weighted by Crippen LogP contribution is -2.46. The monoisotopic (exact) mass is 432 g/mol. The molecule has 1 aliphatic heterocycles. The minimum absolute atomic E-state index is 0.169. The van der Waals surface area contributed by atoms with E-state index < -0.39 is 0 Å². The standard InChI is InChI=1S/C22H30ClFN6/c1-3-29-10-12-30(13-11-29)20-6-4-18(14-19(20)24)16-28-22(25-2)26-9-8-17-5-7-21(23)27-15-17/h4-7,14-15H,3,8-13,16H2,1-2H3,(H2,25,26,28). The first-order valence-corrected chi connectivity index (χ1v) is 10.8. The second-order valence-corrected chi connectivity index (χ2v) is 7.69. The minimum atomic E-state index is -0.169. The van der Waals surface area contributed by atoms with E-state index in [4.69, 9.17) is 11.6 Å². The molecule has 1 aromatic heterocycles. The summed E-state index contributed by atoms with van der Waals surface area (Å²) in [4.78, 5) is 12.8. The van der Waals surface area contributed by atoms with Crippen LogP contribution in [0.4, 0.5) is 10.1 Å². The normalized spacial score (nSPS) is 15.3. The molecule has 2 aromatic rings. The number of aromatic nitrogens is 1. The molecule has 0 saturated carbocycles. The number of aliphatic imine (C=N–C) groups is 1. The van der Waals surface area contributed by atoms with Crippen molar-refractivity contribution in [3.63, 3.8) is 0 Å². The zero-order valence-electron chi connectivity index (χ0n) is 17.7. The Morgan fingerprint density at radius 3 is 2.53 bits per heavy atom. The Labute approximate surface area is 183 Å². The quantitative estimate of drug-likeness (QED) is 0.400. The van der Waals surface area contributed by atoms with Gasteiger partial charge in [0.25, 0.3) is 0 Å². The Morgan fingerprint density at radius 1 is 1.13 bits per heavy atom. The van der Waals surface area contributed by atoms with Crippen molar-refractivity contribution >= 4 is 23.2 Å². The lowest BCUT2D eigenvalue weighted by atomic mass is 10.1. The van der Waals surface area contributed by atoms with Crippen molar-refractivity contribution in [1.82, 2.24) is 20.5 Å². The highest BCUT2D eigenvalue weighted by Gasteiger charge is 2.18. The van der Waals surface area contributed by atoms with Gasteiger partial charge >= 0.3 is 0 Å². The van der Waals surface area contributed by atoms with Gasteiger partial charge in [0.2, 0.25) is 0 Å². The summed E-state index contributed by atoms with van der Waals surface area (Å²) in [6.45, 7) is 8.11. The molecule has 2 N–H and O–H groups in total. The van der Waals surface area contributed by atoms with E-state index in [-0.39, 0.29) is 5.82 Å². The third kappa shape index (κ3) is 6.31. The molecule has 1 fully saturated rings. The molecule has 0 radical (unpaired) electrons. The van der Waals surface area contributed by atoms with Crippen LogP contribution in [0.3, 0.4) is 0 Å². The van der Waals surface area contributed by atoms with Crippen molar-refractivity contribution in [3.05, 3.63) is 58.6 Å². The molecular weight excluding hydrogens is 403 g/mol. The third-order valence-corrected chi connectivity index (χ3v) is 5.57. The predicted molar refractivity (Wildman–Crippen MR) is 122 cm³/mol. The molecule has 6 nitrogen and oxygen atoms in total. The van der Waals surface area contributed by atoms with Crippen molar-refractivity contribution in [3.8, 4) is 0 Å². The third-order valence-electron chi connectivity index (χ3n) is 5.35. The molecule has 1 saturated heterocycles. The summed E-state index contributed by atoms with van der Waals surface area (Å²) in [7, 11) is 1.72. The number of likely N-dealkylation sites (N-methyl/N-ethyl adjacent to an activating group) is 1. The van der Waals surface area contributed by atoms with Crippen molar-refractivity contribution < 1.29 is 4.39 Å². The Balaban J connectivity index is 1.47. The highest BCUT2D eigenvalue weighted by atomic mass is 35.5. The fraction of sp³-hybridized carbons (Fsp3) is 0.455. The van der Waals surface area contributed by atoms with Gasteiger partial charge < -0.3 is 20.4 Å². The molecule has 0 atom stereocenters. The number of benzene rings is 1. The Kier molecular flexibility index (Phi) is 8.28. The zero-order chi connectivity index (χ0) is 21.3. The van der Waals surface area contributed by atoms with Crippen molar-refractivity contribution in [1.29, 1.82) is 0 Å². The van der Waals surface area contributed by atoms with E-state index in [9.17, 15) is 4.39 Å². The maximum absolute atomic E-state index is 14.7. The molecule has 1 aromatic carbocycles. The first kappa shape index (κ1) is 22.3. The van der Waals surface area contributed by atoms with Gasteiger partial charge in [0.05, 0.1) is 5.69 Å². The average Bonchev–Trinajstić information content (AvgIpc) is 2.77. The average molecular weight is 433 g/mol. The number of piperazine rings is 1. The highest BCUT2D eigenvalue weighted by molar-refractivity contribution is 6.29. The van der Waals surface area contributed by atoms with Crippen molar-refractivity contribution in [2.75, 3.05) is 51.2 Å². The highest BCUT2D eigenvalue weighted by Crippen LogP contribution is 2.22. The first-order chi connectivity index (χ1) is 14.6. The van der Waals surface area contributed by atoms with Crippen LogP contribution in [0.25, 0.3) is 0 Å². The SMILES string of the molecule is CCN1CCN(c2ccc(CNC(=NC)NCCc3ccc(Cl)nc3)cc2F)CC1. The molecule has 30 heavy (non-hydrogen) atoms. The summed E-state index contributed by atoms with van der Waals surface area (Å²) >= 11 is 5.81. The summed E-state index contributed by atoms with van der Waals surface area (Å²) in [6, 6.07) is 9.22. The van der Waals surface area contributed by atoms with E-state index in [0.29, 0.717) is 29.9 Å². The topological polar surface area (TPSA) is 55.8 Å². The van der Waals surface area contributed by atoms with Gasteiger partial charge in [-0.1, -0.05) is 30.7 Å². The number of anilines is 1. The van der Waals surface area contributed by atoms with Gasteiger partial charge in [-0.15, -0.1) is 0 Å². The van der Waals surface area contributed by atoms with Crippen LogP contribution in [0.5, 0.6) is 0 Å². The van der Waals surface area contributed by atoms with Crippen LogP contribution >= 0.6 is 11.6 Å². The Bertz CT molecular complexity index is 834. The number of nitrogens with one attached hydrogen (secondary N) is 2. The van der Waals surface area contributed by atoms with Crippen LogP contribution in [0.15, 0.2) is 41.5 Å². The largest absolute Gasteiger partial charge is 0.367 e. The van der Waals surface area contributed by atoms with Crippen LogP contribution in [0, 0.1) is 5.82 Å². The minimum Gasteiger partial charge on any atom is -0.367 e. The lowest BCUT2D eigenvalue weighted by molar-refractivity contribution is 0.270. The van der Waals surface area contributed by atoms with E-state index in [1.165, 1.54) is 0 Å². The van der Waals surface area contributed by atoms with Gasteiger partial charge in [-0.3, -0.25) is 4.99 Å². The van der Waals surface area contributed by atoms with Gasteiger partial charge in [0.1, 0.15) is 11.0 Å². The van der Waals surface area contributed by atoms with E-state index in [1.54, 1.807) is 25.4 Å². The maximum atomic E-state index is 14.7. The predicted octanol–water partition coefficient (Wildman–Crippen LogP) is 2.92. The fourth-order valence-electron chi connectivity index (χ4n) is 3.51. The summed E-state index contributed by atoms with van der Waals surface area (Å²) in [5.74, 6) is 0.509. The zero-order valence-corrected chi connectivity index (χ0v) is 18.4. The Morgan fingerprint density at radius 2 is 1.90 bits per heavy atom. The number of guanidine groups is 1. The molecule has 162 valence electrons. The van der Waals surface area contributed by atoms with Crippen LogP contribution in [-0.2, 0) is 13.0 Å². The van der Waals surface area contributed by atoms with Gasteiger partial charge in [-0.25, -0.2) is 9.37 Å². The number of rotatable bonds is 7. The molecule has 8 heteroatoms. The number of nitrogens with zero attached hydrogens (tertiary/aromatic N) is 4. The van der Waals surface area contributed by atoms with E-state index in [2.05, 4.69) is 37.3 Å². The molecule has 0 unspecified atom stereocenters. The van der Waals surface area contributed by atoms with E-state index in [1.807, 2.05) is 18.2 Å². The second-order valence-electron chi connectivity index (χ2n) is 7.30. The van der Waals surface area contributed by atoms with Crippen LogP contribution in [-0.4, -0.2) is 62.2 Å². The summed E-state index contributed by atoms with van der Waals surface area (Å²) in [5, 5.41) is 6.99. The molecule has 1 aliphatic rings. The maximum Gasteiger partial charge on any atom is 0.191 e. The van der Waals surface area contributed by atoms with Crippen molar-refractivity contribution in [2.24, 2.45) is 4.99 Å². The fourth-order valence-corrected chi connectivity index (χ4v) is 3.62. The molecule has 0 aliphatic carbocycles. The van der Waals surface area contributed by atoms with E-state index >= 15 is 0 Å². The van der Waals surface area contributed by atoms with Crippen molar-refractivity contribution in [2.45, 2.75) is 19.9 Å². The van der Waals surface area contributed by atoms with Crippen LogP contribution in [0.2, 0.25) is 5.15 Å². The summed E-state index contributed by atoms with van der Waals surface area (Å²) < 4.78 is 14.7. The smallest absolute Gasteiger partial charge is 0.191 e. The lowest BCUT2D eigenvalue weighted by Gasteiger charge is -2.35. The number of hydrogen-bond donors (Lipinski definition) is 2.